The van der Waals surface area contributed by atoms with E-state index in [0.29, 0.717) is 18.8 Å². The molecule has 0 aliphatic carbocycles. The molecular weight excluding hydrogens is 249 g/mol. The largest absolute Gasteiger partial charge is 0.398 e. The number of hydrogen-bond donors (Lipinski definition) is 2. The van der Waals surface area contributed by atoms with Crippen molar-refractivity contribution in [3.8, 4) is 0 Å². The third-order valence-electron chi connectivity index (χ3n) is 2.97. The first-order valence-corrected chi connectivity index (χ1v) is 6.06. The van der Waals surface area contributed by atoms with E-state index in [1.165, 1.54) is 6.07 Å². The smallest absolute Gasteiger partial charge is 0.250 e. The minimum absolute atomic E-state index is 0.0335. The number of anilines is 2. The molecule has 19 heavy (non-hydrogen) atoms. The summed E-state index contributed by atoms with van der Waals surface area (Å²) in [4.78, 5) is 13.1. The van der Waals surface area contributed by atoms with Crippen LogP contribution in [-0.2, 0) is 4.74 Å². The quantitative estimate of drug-likeness (QED) is 0.764. The van der Waals surface area contributed by atoms with Gasteiger partial charge in [-0.1, -0.05) is 0 Å². The second-order valence-corrected chi connectivity index (χ2v) is 4.35. The number of nitrogens with two attached hydrogens (primary N) is 2. The minimum atomic E-state index is -0.672. The number of rotatable bonds is 6. The molecule has 0 aliphatic heterocycles. The SMILES string of the molecule is CCN(c1cc(C(N)=O)c(N)cc1F)C(C)COC. The molecule has 0 spiro atoms. The number of ether oxygens (including phenoxy) is 1. The van der Waals surface area contributed by atoms with Gasteiger partial charge >= 0.3 is 0 Å². The highest BCUT2D eigenvalue weighted by atomic mass is 19.1. The Morgan fingerprint density at radius 2 is 2.16 bits per heavy atom. The van der Waals surface area contributed by atoms with Crippen molar-refractivity contribution in [1.29, 1.82) is 0 Å². The van der Waals surface area contributed by atoms with Gasteiger partial charge in [0.2, 0.25) is 0 Å². The van der Waals surface area contributed by atoms with Gasteiger partial charge in [0.05, 0.1) is 17.9 Å². The lowest BCUT2D eigenvalue weighted by atomic mass is 10.1. The third kappa shape index (κ3) is 3.35. The van der Waals surface area contributed by atoms with E-state index in [1.807, 2.05) is 13.8 Å². The number of halogens is 1. The number of amides is 1. The van der Waals surface area contributed by atoms with Crippen LogP contribution in [0.1, 0.15) is 24.2 Å². The summed E-state index contributed by atoms with van der Waals surface area (Å²) >= 11 is 0. The Hall–Kier alpha value is -1.82. The van der Waals surface area contributed by atoms with Gasteiger partial charge in [0, 0.05) is 25.4 Å². The van der Waals surface area contributed by atoms with Crippen LogP contribution in [0.25, 0.3) is 0 Å². The van der Waals surface area contributed by atoms with Gasteiger partial charge < -0.3 is 21.1 Å². The number of nitrogens with zero attached hydrogens (tertiary/aromatic N) is 1. The molecule has 0 aromatic heterocycles. The molecule has 6 heteroatoms. The first-order valence-electron chi connectivity index (χ1n) is 6.06. The van der Waals surface area contributed by atoms with Gasteiger partial charge in [0.25, 0.3) is 5.91 Å². The summed E-state index contributed by atoms with van der Waals surface area (Å²) in [6.45, 7) is 4.83. The van der Waals surface area contributed by atoms with Crippen LogP contribution < -0.4 is 16.4 Å². The van der Waals surface area contributed by atoms with Crippen molar-refractivity contribution in [3.63, 3.8) is 0 Å². The fourth-order valence-electron chi connectivity index (χ4n) is 2.06. The molecule has 0 saturated carbocycles. The summed E-state index contributed by atoms with van der Waals surface area (Å²) in [5.74, 6) is -1.15. The molecule has 4 N–H and O–H groups in total. The molecule has 1 rings (SSSR count). The molecule has 0 heterocycles. The average Bonchev–Trinajstić information content (AvgIpc) is 2.32. The Bertz CT molecular complexity index is 465. The first kappa shape index (κ1) is 15.2. The second kappa shape index (κ2) is 6.38. The van der Waals surface area contributed by atoms with Gasteiger partial charge in [-0.3, -0.25) is 4.79 Å². The topological polar surface area (TPSA) is 81.6 Å². The van der Waals surface area contributed by atoms with E-state index in [2.05, 4.69) is 0 Å². The minimum Gasteiger partial charge on any atom is -0.398 e. The van der Waals surface area contributed by atoms with Gasteiger partial charge in [0.1, 0.15) is 5.82 Å². The summed E-state index contributed by atoms with van der Waals surface area (Å²) in [7, 11) is 1.58. The molecule has 5 nitrogen and oxygen atoms in total. The zero-order valence-corrected chi connectivity index (χ0v) is 11.4. The van der Waals surface area contributed by atoms with Crippen LogP contribution in [0.5, 0.6) is 0 Å². The van der Waals surface area contributed by atoms with Crippen molar-refractivity contribution < 1.29 is 13.9 Å². The van der Waals surface area contributed by atoms with Gasteiger partial charge in [0.15, 0.2) is 0 Å². The number of likely N-dealkylation sites (N-methyl/N-ethyl adjacent to an activating group) is 1. The van der Waals surface area contributed by atoms with E-state index in [-0.39, 0.29) is 17.3 Å². The lowest BCUT2D eigenvalue weighted by molar-refractivity contribution is 0.100. The zero-order chi connectivity index (χ0) is 14.6. The van der Waals surface area contributed by atoms with Gasteiger partial charge in [-0.2, -0.15) is 0 Å². The van der Waals surface area contributed by atoms with Gasteiger partial charge in [-0.05, 0) is 26.0 Å². The lowest BCUT2D eigenvalue weighted by Crippen LogP contribution is -2.37. The lowest BCUT2D eigenvalue weighted by Gasteiger charge is -2.30. The summed E-state index contributed by atoms with van der Waals surface area (Å²) in [5, 5.41) is 0. The maximum atomic E-state index is 14.0. The van der Waals surface area contributed by atoms with Crippen LogP contribution >= 0.6 is 0 Å². The maximum Gasteiger partial charge on any atom is 0.250 e. The van der Waals surface area contributed by atoms with Crippen LogP contribution in [-0.4, -0.2) is 32.2 Å². The zero-order valence-electron chi connectivity index (χ0n) is 11.4. The van der Waals surface area contributed by atoms with Gasteiger partial charge in [-0.25, -0.2) is 4.39 Å². The number of carbonyl (C=O) groups is 1. The van der Waals surface area contributed by atoms with E-state index >= 15 is 0 Å². The Balaban J connectivity index is 3.23. The van der Waals surface area contributed by atoms with E-state index < -0.39 is 11.7 Å². The Kier molecular flexibility index (Phi) is 5.11. The third-order valence-corrected chi connectivity index (χ3v) is 2.97. The molecule has 1 aromatic rings. The highest BCUT2D eigenvalue weighted by molar-refractivity contribution is 5.99. The standard InChI is InChI=1S/C13H20FN3O2/c1-4-17(8(2)7-19-3)12-5-9(13(16)18)11(15)6-10(12)14/h5-6,8H,4,7,15H2,1-3H3,(H2,16,18). The van der Waals surface area contributed by atoms with Crippen LogP contribution in [0.2, 0.25) is 0 Å². The van der Waals surface area contributed by atoms with Crippen LogP contribution in [0.15, 0.2) is 12.1 Å². The number of primary amides is 1. The Morgan fingerprint density at radius 3 is 2.63 bits per heavy atom. The van der Waals surface area contributed by atoms with Crippen molar-refractivity contribution in [1.82, 2.24) is 0 Å². The number of methoxy groups -OCH3 is 1. The number of nitrogen functional groups attached to an aromatic ring is 1. The second-order valence-electron chi connectivity index (χ2n) is 4.35. The summed E-state index contributed by atoms with van der Waals surface area (Å²) in [5.41, 5.74) is 11.3. The molecule has 1 amide bonds. The highest BCUT2D eigenvalue weighted by Crippen LogP contribution is 2.26. The first-order chi connectivity index (χ1) is 8.92. The molecule has 1 atom stereocenters. The molecule has 0 fully saturated rings. The van der Waals surface area contributed by atoms with Crippen molar-refractivity contribution in [3.05, 3.63) is 23.5 Å². The fraction of sp³-hybridized carbons (Fsp3) is 0.462. The maximum absolute atomic E-state index is 14.0. The van der Waals surface area contributed by atoms with E-state index in [1.54, 1.807) is 12.0 Å². The molecule has 0 aliphatic rings. The predicted molar refractivity (Wildman–Crippen MR) is 73.7 cm³/mol. The predicted octanol–water partition coefficient (Wildman–Crippen LogP) is 1.37. The van der Waals surface area contributed by atoms with E-state index in [4.69, 9.17) is 16.2 Å². The fourth-order valence-corrected chi connectivity index (χ4v) is 2.06. The molecule has 0 bridgehead atoms. The van der Waals surface area contributed by atoms with Gasteiger partial charge in [-0.15, -0.1) is 0 Å². The number of benzene rings is 1. The molecular formula is C13H20FN3O2. The molecule has 1 aromatic carbocycles. The molecule has 0 radical (unpaired) electrons. The van der Waals surface area contributed by atoms with Crippen molar-refractivity contribution >= 4 is 17.3 Å². The monoisotopic (exact) mass is 269 g/mol. The molecule has 106 valence electrons. The Labute approximate surface area is 112 Å². The number of hydrogen-bond acceptors (Lipinski definition) is 4. The molecule has 0 saturated heterocycles. The summed E-state index contributed by atoms with van der Waals surface area (Å²) < 4.78 is 19.1. The average molecular weight is 269 g/mol. The summed E-state index contributed by atoms with van der Waals surface area (Å²) in [6.07, 6.45) is 0. The van der Waals surface area contributed by atoms with Crippen LogP contribution in [0, 0.1) is 5.82 Å². The van der Waals surface area contributed by atoms with Crippen LogP contribution in [0.3, 0.4) is 0 Å². The summed E-state index contributed by atoms with van der Waals surface area (Å²) in [6, 6.07) is 2.48. The Morgan fingerprint density at radius 1 is 1.53 bits per heavy atom. The normalized spacial score (nSPS) is 12.2. The molecule has 1 unspecified atom stereocenters. The van der Waals surface area contributed by atoms with Crippen molar-refractivity contribution in [2.45, 2.75) is 19.9 Å². The van der Waals surface area contributed by atoms with E-state index in [9.17, 15) is 9.18 Å². The van der Waals surface area contributed by atoms with Crippen molar-refractivity contribution in [2.75, 3.05) is 30.9 Å². The van der Waals surface area contributed by atoms with Crippen LogP contribution in [0.4, 0.5) is 15.8 Å². The van der Waals surface area contributed by atoms with Crippen molar-refractivity contribution in [2.24, 2.45) is 5.73 Å². The van der Waals surface area contributed by atoms with E-state index in [0.717, 1.165) is 6.07 Å². The highest BCUT2D eigenvalue weighted by Gasteiger charge is 2.19. The number of carbonyl (C=O) groups excluding carboxylic acids is 1.